The first-order chi connectivity index (χ1) is 12.2. The molecule has 4 rings (SSSR count). The number of benzene rings is 3. The minimum Gasteiger partial charge on any atom is -0.300 e. The van der Waals surface area contributed by atoms with Crippen LogP contribution in [0.15, 0.2) is 79.1 Å². The van der Waals surface area contributed by atoms with Crippen molar-refractivity contribution in [2.45, 2.75) is 13.3 Å². The molecule has 25 heavy (non-hydrogen) atoms. The van der Waals surface area contributed by atoms with Gasteiger partial charge in [-0.15, -0.1) is 0 Å². The standard InChI is InChI=1S/C22H18N2O/c1-16(25)14-19-8-4-5-9-21(19)24-13-12-23-22(24)20-11-10-17-6-2-3-7-18(17)15-20/h2-13,15H,14H2,1H3. The van der Waals surface area contributed by atoms with Crippen molar-refractivity contribution in [3.05, 3.63) is 84.7 Å². The Labute approximate surface area is 146 Å². The number of Topliss-reactive ketones (excluding diaryl/α,β-unsaturated/α-hetero) is 1. The molecule has 0 amide bonds. The molecule has 1 aromatic heterocycles. The highest BCUT2D eigenvalue weighted by Crippen LogP contribution is 2.27. The Balaban J connectivity index is 1.84. The summed E-state index contributed by atoms with van der Waals surface area (Å²) in [6, 6.07) is 22.6. The van der Waals surface area contributed by atoms with Crippen molar-refractivity contribution in [2.75, 3.05) is 0 Å². The van der Waals surface area contributed by atoms with Gasteiger partial charge in [-0.1, -0.05) is 54.6 Å². The molecule has 0 aliphatic rings. The van der Waals surface area contributed by atoms with Crippen molar-refractivity contribution in [1.29, 1.82) is 0 Å². The van der Waals surface area contributed by atoms with E-state index in [0.29, 0.717) is 6.42 Å². The molecule has 0 spiro atoms. The number of imidazole rings is 1. The maximum atomic E-state index is 11.6. The average molecular weight is 326 g/mol. The quantitative estimate of drug-likeness (QED) is 0.539. The highest BCUT2D eigenvalue weighted by molar-refractivity contribution is 5.86. The lowest BCUT2D eigenvalue weighted by Gasteiger charge is -2.13. The van der Waals surface area contributed by atoms with Crippen molar-refractivity contribution in [2.24, 2.45) is 0 Å². The van der Waals surface area contributed by atoms with Gasteiger partial charge in [0.2, 0.25) is 0 Å². The van der Waals surface area contributed by atoms with Crippen LogP contribution in [0.25, 0.3) is 27.8 Å². The van der Waals surface area contributed by atoms with Gasteiger partial charge in [0.1, 0.15) is 11.6 Å². The Morgan fingerprint density at radius 3 is 2.56 bits per heavy atom. The summed E-state index contributed by atoms with van der Waals surface area (Å²) >= 11 is 0. The molecule has 0 saturated heterocycles. The molecule has 3 aromatic carbocycles. The third-order valence-corrected chi connectivity index (χ3v) is 4.34. The lowest BCUT2D eigenvalue weighted by Crippen LogP contribution is -2.04. The summed E-state index contributed by atoms with van der Waals surface area (Å²) in [6.07, 6.45) is 4.17. The van der Waals surface area contributed by atoms with E-state index in [-0.39, 0.29) is 5.78 Å². The van der Waals surface area contributed by atoms with Crippen molar-refractivity contribution in [3.8, 4) is 17.1 Å². The number of nitrogens with zero attached hydrogens (tertiary/aromatic N) is 2. The van der Waals surface area contributed by atoms with Gasteiger partial charge in [0.05, 0.1) is 5.69 Å². The number of aromatic nitrogens is 2. The fraction of sp³-hybridized carbons (Fsp3) is 0.0909. The summed E-state index contributed by atoms with van der Waals surface area (Å²) in [5, 5.41) is 2.40. The van der Waals surface area contributed by atoms with Gasteiger partial charge in [-0.3, -0.25) is 9.36 Å². The molecule has 3 heteroatoms. The highest BCUT2D eigenvalue weighted by Gasteiger charge is 2.12. The number of carbonyl (C=O) groups excluding carboxylic acids is 1. The lowest BCUT2D eigenvalue weighted by molar-refractivity contribution is -0.116. The maximum absolute atomic E-state index is 11.6. The summed E-state index contributed by atoms with van der Waals surface area (Å²) in [7, 11) is 0. The van der Waals surface area contributed by atoms with Crippen LogP contribution >= 0.6 is 0 Å². The second kappa shape index (κ2) is 6.36. The highest BCUT2D eigenvalue weighted by atomic mass is 16.1. The zero-order valence-electron chi connectivity index (χ0n) is 14.0. The van der Waals surface area contributed by atoms with E-state index in [4.69, 9.17) is 0 Å². The summed E-state index contributed by atoms with van der Waals surface area (Å²) < 4.78 is 2.06. The van der Waals surface area contributed by atoms with Crippen LogP contribution in [0.5, 0.6) is 0 Å². The van der Waals surface area contributed by atoms with Gasteiger partial charge >= 0.3 is 0 Å². The molecule has 0 saturated carbocycles. The van der Waals surface area contributed by atoms with Gasteiger partial charge in [-0.05, 0) is 35.4 Å². The fourth-order valence-corrected chi connectivity index (χ4v) is 3.20. The van der Waals surface area contributed by atoms with E-state index in [0.717, 1.165) is 22.6 Å². The van der Waals surface area contributed by atoms with Crippen LogP contribution in [-0.4, -0.2) is 15.3 Å². The molecule has 0 fully saturated rings. The fourth-order valence-electron chi connectivity index (χ4n) is 3.20. The second-order valence-corrected chi connectivity index (χ2v) is 6.19. The molecule has 0 unspecified atom stereocenters. The predicted molar refractivity (Wildman–Crippen MR) is 101 cm³/mol. The first-order valence-corrected chi connectivity index (χ1v) is 8.32. The Kier molecular flexibility index (Phi) is 3.90. The van der Waals surface area contributed by atoms with Crippen LogP contribution in [0, 0.1) is 0 Å². The third-order valence-electron chi connectivity index (χ3n) is 4.34. The van der Waals surface area contributed by atoms with E-state index in [2.05, 4.69) is 39.9 Å². The number of ketones is 1. The van der Waals surface area contributed by atoms with Crippen molar-refractivity contribution in [3.63, 3.8) is 0 Å². The van der Waals surface area contributed by atoms with Crippen LogP contribution in [-0.2, 0) is 11.2 Å². The number of hydrogen-bond acceptors (Lipinski definition) is 2. The molecule has 0 aliphatic carbocycles. The number of fused-ring (bicyclic) bond motifs is 1. The molecule has 0 atom stereocenters. The monoisotopic (exact) mass is 326 g/mol. The van der Waals surface area contributed by atoms with Gasteiger partial charge in [0.25, 0.3) is 0 Å². The molecular formula is C22H18N2O. The lowest BCUT2D eigenvalue weighted by atomic mass is 10.1. The number of carbonyl (C=O) groups is 1. The van der Waals surface area contributed by atoms with Gasteiger partial charge < -0.3 is 0 Å². The van der Waals surface area contributed by atoms with Crippen LogP contribution in [0.1, 0.15) is 12.5 Å². The van der Waals surface area contributed by atoms with Gasteiger partial charge in [-0.25, -0.2) is 4.98 Å². The van der Waals surface area contributed by atoms with Crippen LogP contribution < -0.4 is 0 Å². The Morgan fingerprint density at radius 1 is 0.960 bits per heavy atom. The Morgan fingerprint density at radius 2 is 1.72 bits per heavy atom. The first-order valence-electron chi connectivity index (χ1n) is 8.32. The zero-order chi connectivity index (χ0) is 17.2. The molecule has 0 aliphatic heterocycles. The molecule has 0 radical (unpaired) electrons. The summed E-state index contributed by atoms with van der Waals surface area (Å²) in [5.74, 6) is 1.03. The third kappa shape index (κ3) is 2.96. The molecule has 1 heterocycles. The topological polar surface area (TPSA) is 34.9 Å². The normalized spacial score (nSPS) is 10.9. The minimum atomic E-state index is 0.153. The number of rotatable bonds is 4. The molecule has 122 valence electrons. The predicted octanol–water partition coefficient (Wildman–Crippen LogP) is 4.82. The Bertz CT molecular complexity index is 1060. The van der Waals surface area contributed by atoms with Crippen molar-refractivity contribution in [1.82, 2.24) is 9.55 Å². The molecule has 4 aromatic rings. The molecular weight excluding hydrogens is 308 g/mol. The van der Waals surface area contributed by atoms with Crippen LogP contribution in [0.2, 0.25) is 0 Å². The van der Waals surface area contributed by atoms with Gasteiger partial charge in [0, 0.05) is 24.4 Å². The van der Waals surface area contributed by atoms with Crippen LogP contribution in [0.3, 0.4) is 0 Å². The van der Waals surface area contributed by atoms with Crippen LogP contribution in [0.4, 0.5) is 0 Å². The van der Waals surface area contributed by atoms with E-state index in [1.165, 1.54) is 10.8 Å². The minimum absolute atomic E-state index is 0.153. The average Bonchev–Trinajstić information content (AvgIpc) is 3.11. The van der Waals surface area contributed by atoms with Gasteiger partial charge in [0.15, 0.2) is 0 Å². The van der Waals surface area contributed by atoms with E-state index in [1.807, 2.05) is 42.6 Å². The van der Waals surface area contributed by atoms with E-state index in [9.17, 15) is 4.79 Å². The first kappa shape index (κ1) is 15.3. The second-order valence-electron chi connectivity index (χ2n) is 6.19. The SMILES string of the molecule is CC(=O)Cc1ccccc1-n1ccnc1-c1ccc2ccccc2c1. The van der Waals surface area contributed by atoms with E-state index >= 15 is 0 Å². The zero-order valence-corrected chi connectivity index (χ0v) is 14.0. The number of hydrogen-bond donors (Lipinski definition) is 0. The largest absolute Gasteiger partial charge is 0.300 e. The Hall–Kier alpha value is -3.20. The van der Waals surface area contributed by atoms with Crippen molar-refractivity contribution < 1.29 is 4.79 Å². The molecule has 0 bridgehead atoms. The summed E-state index contributed by atoms with van der Waals surface area (Å²) in [6.45, 7) is 1.62. The maximum Gasteiger partial charge on any atom is 0.144 e. The summed E-state index contributed by atoms with van der Waals surface area (Å²) in [4.78, 5) is 16.2. The molecule has 3 nitrogen and oxygen atoms in total. The molecule has 0 N–H and O–H groups in total. The number of para-hydroxylation sites is 1. The van der Waals surface area contributed by atoms with Gasteiger partial charge in [-0.2, -0.15) is 0 Å². The summed E-state index contributed by atoms with van der Waals surface area (Å²) in [5.41, 5.74) is 3.06. The van der Waals surface area contributed by atoms with Crippen molar-refractivity contribution >= 4 is 16.6 Å². The van der Waals surface area contributed by atoms with E-state index < -0.39 is 0 Å². The van der Waals surface area contributed by atoms with E-state index in [1.54, 1.807) is 13.1 Å². The smallest absolute Gasteiger partial charge is 0.144 e.